The molecule has 1 nitrogen and oxygen atoms in total. The van der Waals surface area contributed by atoms with Crippen molar-refractivity contribution in [3.05, 3.63) is 34.9 Å². The number of rotatable bonds is 3. The van der Waals surface area contributed by atoms with Gasteiger partial charge in [-0.2, -0.15) is 0 Å². The monoisotopic (exact) mass is 293 g/mol. The smallest absolute Gasteiger partial charge is 0.0408 e. The molecule has 2 rings (SSSR count). The molecular formula is C18H28ClN. The van der Waals surface area contributed by atoms with E-state index < -0.39 is 0 Å². The lowest BCUT2D eigenvalue weighted by Gasteiger charge is -2.37. The van der Waals surface area contributed by atoms with Crippen molar-refractivity contribution in [1.82, 2.24) is 5.32 Å². The lowest BCUT2D eigenvalue weighted by molar-refractivity contribution is 0.300. The number of nitrogens with one attached hydrogen (secondary N) is 1. The van der Waals surface area contributed by atoms with Gasteiger partial charge in [-0.3, -0.25) is 0 Å². The standard InChI is InChI=1S/C18H28ClN/c1-17(2,3)20-14-18(11-6-4-5-7-12-18)15-9-8-10-16(19)13-15/h8-10,13,20H,4-7,11-12,14H2,1-3H3. The summed E-state index contributed by atoms with van der Waals surface area (Å²) in [5.74, 6) is 0. The van der Waals surface area contributed by atoms with E-state index in [0.717, 1.165) is 11.6 Å². The van der Waals surface area contributed by atoms with Crippen molar-refractivity contribution in [2.45, 2.75) is 70.3 Å². The molecular weight excluding hydrogens is 266 g/mol. The number of hydrogen-bond donors (Lipinski definition) is 1. The molecule has 1 saturated carbocycles. The summed E-state index contributed by atoms with van der Waals surface area (Å²) in [6.45, 7) is 7.79. The molecule has 20 heavy (non-hydrogen) atoms. The summed E-state index contributed by atoms with van der Waals surface area (Å²) in [6, 6.07) is 8.52. The van der Waals surface area contributed by atoms with Crippen LogP contribution >= 0.6 is 11.6 Å². The Kier molecular flexibility index (Phi) is 5.14. The molecule has 0 bridgehead atoms. The van der Waals surface area contributed by atoms with Crippen molar-refractivity contribution >= 4 is 11.6 Å². The molecule has 1 aromatic rings. The maximum absolute atomic E-state index is 6.24. The van der Waals surface area contributed by atoms with Crippen molar-refractivity contribution < 1.29 is 0 Å². The van der Waals surface area contributed by atoms with Gasteiger partial charge >= 0.3 is 0 Å². The van der Waals surface area contributed by atoms with Crippen LogP contribution in [0.5, 0.6) is 0 Å². The van der Waals surface area contributed by atoms with Crippen LogP contribution in [0.4, 0.5) is 0 Å². The summed E-state index contributed by atoms with van der Waals surface area (Å²) in [6.07, 6.45) is 7.96. The van der Waals surface area contributed by atoms with Crippen LogP contribution < -0.4 is 5.32 Å². The van der Waals surface area contributed by atoms with E-state index in [1.54, 1.807) is 0 Å². The zero-order valence-corrected chi connectivity index (χ0v) is 13.9. The maximum Gasteiger partial charge on any atom is 0.0408 e. The first-order valence-electron chi connectivity index (χ1n) is 7.92. The molecule has 0 amide bonds. The van der Waals surface area contributed by atoms with Gasteiger partial charge in [-0.25, -0.2) is 0 Å². The molecule has 0 radical (unpaired) electrons. The van der Waals surface area contributed by atoms with E-state index >= 15 is 0 Å². The van der Waals surface area contributed by atoms with E-state index in [2.05, 4.69) is 44.3 Å². The van der Waals surface area contributed by atoms with Crippen molar-refractivity contribution in [2.75, 3.05) is 6.54 Å². The van der Waals surface area contributed by atoms with Gasteiger partial charge in [0, 0.05) is 22.5 Å². The summed E-state index contributed by atoms with van der Waals surface area (Å²) >= 11 is 6.24. The van der Waals surface area contributed by atoms with Crippen LogP contribution in [0.2, 0.25) is 5.02 Å². The molecule has 0 atom stereocenters. The largest absolute Gasteiger partial charge is 0.311 e. The van der Waals surface area contributed by atoms with E-state index in [4.69, 9.17) is 11.6 Å². The van der Waals surface area contributed by atoms with E-state index in [-0.39, 0.29) is 11.0 Å². The highest BCUT2D eigenvalue weighted by molar-refractivity contribution is 6.30. The molecule has 1 fully saturated rings. The molecule has 0 unspecified atom stereocenters. The Bertz CT molecular complexity index is 425. The quantitative estimate of drug-likeness (QED) is 0.744. The van der Waals surface area contributed by atoms with Gasteiger partial charge in [0.05, 0.1) is 0 Å². The first kappa shape index (κ1) is 15.9. The Labute approximate surface area is 129 Å². The van der Waals surface area contributed by atoms with Crippen LogP contribution in [0.3, 0.4) is 0 Å². The molecule has 0 heterocycles. The molecule has 1 N–H and O–H groups in total. The average molecular weight is 294 g/mol. The summed E-state index contributed by atoms with van der Waals surface area (Å²) in [5.41, 5.74) is 1.84. The first-order chi connectivity index (χ1) is 9.41. The highest BCUT2D eigenvalue weighted by atomic mass is 35.5. The van der Waals surface area contributed by atoms with Crippen LogP contribution in [0, 0.1) is 0 Å². The van der Waals surface area contributed by atoms with E-state index in [1.807, 2.05) is 6.07 Å². The van der Waals surface area contributed by atoms with Gasteiger partial charge in [0.2, 0.25) is 0 Å². The van der Waals surface area contributed by atoms with Crippen LogP contribution in [0.15, 0.2) is 24.3 Å². The fraction of sp³-hybridized carbons (Fsp3) is 0.667. The molecule has 0 spiro atoms. The van der Waals surface area contributed by atoms with Gasteiger partial charge in [0.25, 0.3) is 0 Å². The van der Waals surface area contributed by atoms with Crippen LogP contribution in [-0.2, 0) is 5.41 Å². The molecule has 0 aliphatic heterocycles. The zero-order valence-electron chi connectivity index (χ0n) is 13.1. The minimum atomic E-state index is 0.165. The van der Waals surface area contributed by atoms with Crippen LogP contribution in [0.1, 0.15) is 64.9 Å². The third-order valence-corrected chi connectivity index (χ3v) is 4.69. The topological polar surface area (TPSA) is 12.0 Å². The molecule has 0 saturated heterocycles. The molecule has 1 aliphatic carbocycles. The van der Waals surface area contributed by atoms with Crippen molar-refractivity contribution in [1.29, 1.82) is 0 Å². The normalized spacial score (nSPS) is 19.6. The lowest BCUT2D eigenvalue weighted by Crippen LogP contribution is -2.46. The Morgan fingerprint density at radius 2 is 1.75 bits per heavy atom. The second kappa shape index (κ2) is 6.49. The Balaban J connectivity index is 2.27. The predicted molar refractivity (Wildman–Crippen MR) is 88.6 cm³/mol. The Morgan fingerprint density at radius 3 is 2.30 bits per heavy atom. The summed E-state index contributed by atoms with van der Waals surface area (Å²) in [5, 5.41) is 4.60. The molecule has 2 heteroatoms. The first-order valence-corrected chi connectivity index (χ1v) is 8.30. The SMILES string of the molecule is CC(C)(C)NCC1(c2cccc(Cl)c2)CCCCCC1. The van der Waals surface area contributed by atoms with Crippen LogP contribution in [0.25, 0.3) is 0 Å². The van der Waals surface area contributed by atoms with Gasteiger partial charge in [0.1, 0.15) is 0 Å². The molecule has 1 aliphatic rings. The number of benzene rings is 1. The van der Waals surface area contributed by atoms with Crippen molar-refractivity contribution in [3.8, 4) is 0 Å². The van der Waals surface area contributed by atoms with Crippen molar-refractivity contribution in [2.24, 2.45) is 0 Å². The fourth-order valence-electron chi connectivity index (χ4n) is 3.23. The third kappa shape index (κ3) is 4.23. The van der Waals surface area contributed by atoms with Gasteiger partial charge in [0.15, 0.2) is 0 Å². The van der Waals surface area contributed by atoms with Gasteiger partial charge in [-0.15, -0.1) is 0 Å². The molecule has 0 aromatic heterocycles. The Hall–Kier alpha value is -0.530. The molecule has 1 aromatic carbocycles. The minimum Gasteiger partial charge on any atom is -0.311 e. The van der Waals surface area contributed by atoms with Crippen LogP contribution in [-0.4, -0.2) is 12.1 Å². The summed E-state index contributed by atoms with van der Waals surface area (Å²) in [4.78, 5) is 0. The molecule has 112 valence electrons. The number of halogens is 1. The highest BCUT2D eigenvalue weighted by Crippen LogP contribution is 2.39. The van der Waals surface area contributed by atoms with Gasteiger partial charge in [-0.1, -0.05) is 49.4 Å². The van der Waals surface area contributed by atoms with E-state index in [9.17, 15) is 0 Å². The summed E-state index contributed by atoms with van der Waals surface area (Å²) < 4.78 is 0. The van der Waals surface area contributed by atoms with E-state index in [0.29, 0.717) is 0 Å². The highest BCUT2D eigenvalue weighted by Gasteiger charge is 2.33. The van der Waals surface area contributed by atoms with Crippen molar-refractivity contribution in [3.63, 3.8) is 0 Å². The second-order valence-corrected chi connectivity index (χ2v) is 7.74. The number of hydrogen-bond acceptors (Lipinski definition) is 1. The maximum atomic E-state index is 6.24. The van der Waals surface area contributed by atoms with Gasteiger partial charge in [-0.05, 0) is 51.3 Å². The van der Waals surface area contributed by atoms with Gasteiger partial charge < -0.3 is 5.32 Å². The second-order valence-electron chi connectivity index (χ2n) is 7.31. The average Bonchev–Trinajstić information content (AvgIpc) is 2.62. The third-order valence-electron chi connectivity index (χ3n) is 4.45. The Morgan fingerprint density at radius 1 is 1.10 bits per heavy atom. The fourth-order valence-corrected chi connectivity index (χ4v) is 3.42. The van der Waals surface area contributed by atoms with E-state index in [1.165, 1.54) is 44.1 Å². The summed E-state index contributed by atoms with van der Waals surface area (Å²) in [7, 11) is 0. The zero-order chi connectivity index (χ0) is 14.6. The minimum absolute atomic E-state index is 0.165. The predicted octanol–water partition coefficient (Wildman–Crippen LogP) is 5.32. The lowest BCUT2D eigenvalue weighted by atomic mass is 9.74.